The molecule has 1 nitrogen and oxygen atoms in total. The molecule has 0 amide bonds. The molecule has 1 rings (SSSR count). The zero-order valence-corrected chi connectivity index (χ0v) is 9.36. The average molecular weight is 232 g/mol. The van der Waals surface area contributed by atoms with Crippen LogP contribution in [-0.2, 0) is 5.75 Å². The molecule has 0 saturated heterocycles. The Kier molecular flexibility index (Phi) is 5.05. The summed E-state index contributed by atoms with van der Waals surface area (Å²) < 4.78 is 26.0. The summed E-state index contributed by atoms with van der Waals surface area (Å²) in [7, 11) is 0. The van der Waals surface area contributed by atoms with Crippen LogP contribution >= 0.6 is 11.8 Å². The second-order valence-corrected chi connectivity index (χ2v) is 4.80. The Bertz CT molecular complexity index is 317. The number of halogens is 2. The maximum absolute atomic E-state index is 13.2. The Morgan fingerprint density at radius 3 is 2.80 bits per heavy atom. The highest BCUT2D eigenvalue weighted by Gasteiger charge is 2.07. The highest BCUT2D eigenvalue weighted by Crippen LogP contribution is 2.22. The van der Waals surface area contributed by atoms with Gasteiger partial charge in [-0.15, -0.1) is 0 Å². The van der Waals surface area contributed by atoms with Crippen molar-refractivity contribution in [2.24, 2.45) is 0 Å². The lowest BCUT2D eigenvalue weighted by Gasteiger charge is -2.09. The molecular formula is C11H14F2OS. The molecule has 0 fully saturated rings. The van der Waals surface area contributed by atoms with Crippen LogP contribution in [-0.4, -0.2) is 17.0 Å². The Labute approximate surface area is 92.5 Å². The quantitative estimate of drug-likeness (QED) is 0.842. The standard InChI is InChI=1S/C11H14F2OS/c1-8(4-5-14)15-7-9-6-10(12)2-3-11(9)13/h2-3,6,8,14H,4-5,7H2,1H3. The van der Waals surface area contributed by atoms with Crippen LogP contribution in [0.3, 0.4) is 0 Å². The van der Waals surface area contributed by atoms with Crippen molar-refractivity contribution in [1.29, 1.82) is 0 Å². The minimum Gasteiger partial charge on any atom is -0.396 e. The van der Waals surface area contributed by atoms with E-state index in [-0.39, 0.29) is 17.7 Å². The molecule has 0 aliphatic carbocycles. The number of hydrogen-bond donors (Lipinski definition) is 1. The van der Waals surface area contributed by atoms with Crippen LogP contribution in [0, 0.1) is 11.6 Å². The van der Waals surface area contributed by atoms with E-state index in [2.05, 4.69) is 0 Å². The van der Waals surface area contributed by atoms with Crippen molar-refractivity contribution in [3.63, 3.8) is 0 Å². The van der Waals surface area contributed by atoms with Crippen molar-refractivity contribution in [3.05, 3.63) is 35.4 Å². The first-order valence-corrected chi connectivity index (χ1v) is 5.84. The number of benzene rings is 1. The van der Waals surface area contributed by atoms with Crippen LogP contribution in [0.4, 0.5) is 8.78 Å². The maximum atomic E-state index is 13.2. The summed E-state index contributed by atoms with van der Waals surface area (Å²) in [5, 5.41) is 8.93. The average Bonchev–Trinajstić information content (AvgIpc) is 2.20. The summed E-state index contributed by atoms with van der Waals surface area (Å²) in [6.07, 6.45) is 0.668. The molecule has 1 aromatic rings. The third kappa shape index (κ3) is 4.18. The molecule has 0 radical (unpaired) electrons. The van der Waals surface area contributed by atoms with E-state index in [1.807, 2.05) is 6.92 Å². The zero-order chi connectivity index (χ0) is 11.3. The summed E-state index contributed by atoms with van der Waals surface area (Å²) in [5.41, 5.74) is 0.379. The van der Waals surface area contributed by atoms with Crippen LogP contribution in [0.2, 0.25) is 0 Å². The normalized spacial score (nSPS) is 12.8. The topological polar surface area (TPSA) is 20.2 Å². The molecule has 15 heavy (non-hydrogen) atoms. The van der Waals surface area contributed by atoms with Crippen LogP contribution in [0.1, 0.15) is 18.9 Å². The molecule has 1 N–H and O–H groups in total. The number of hydrogen-bond acceptors (Lipinski definition) is 2. The summed E-state index contributed by atoms with van der Waals surface area (Å²) >= 11 is 1.51. The first kappa shape index (κ1) is 12.5. The predicted molar refractivity (Wildman–Crippen MR) is 58.8 cm³/mol. The fourth-order valence-corrected chi connectivity index (χ4v) is 2.11. The lowest BCUT2D eigenvalue weighted by molar-refractivity contribution is 0.289. The molecule has 0 spiro atoms. The van der Waals surface area contributed by atoms with Crippen molar-refractivity contribution in [1.82, 2.24) is 0 Å². The fourth-order valence-electron chi connectivity index (χ4n) is 1.15. The maximum Gasteiger partial charge on any atom is 0.127 e. The van der Waals surface area contributed by atoms with E-state index in [0.717, 1.165) is 12.1 Å². The van der Waals surface area contributed by atoms with Gasteiger partial charge in [-0.1, -0.05) is 6.92 Å². The number of aliphatic hydroxyl groups excluding tert-OH is 1. The lowest BCUT2D eigenvalue weighted by atomic mass is 10.2. The van der Waals surface area contributed by atoms with Gasteiger partial charge >= 0.3 is 0 Å². The highest BCUT2D eigenvalue weighted by atomic mass is 32.2. The van der Waals surface area contributed by atoms with Gasteiger partial charge in [-0.05, 0) is 24.6 Å². The molecule has 0 saturated carbocycles. The molecule has 0 aliphatic heterocycles. The first-order chi connectivity index (χ1) is 7.13. The molecule has 0 heterocycles. The molecule has 1 aromatic carbocycles. The Hall–Kier alpha value is -0.610. The van der Waals surface area contributed by atoms with E-state index < -0.39 is 5.82 Å². The van der Waals surface area contributed by atoms with Gasteiger partial charge in [0, 0.05) is 23.2 Å². The SMILES string of the molecule is CC(CCO)SCc1cc(F)ccc1F. The van der Waals surface area contributed by atoms with E-state index in [1.54, 1.807) is 0 Å². The van der Waals surface area contributed by atoms with Gasteiger partial charge in [0.1, 0.15) is 11.6 Å². The molecule has 0 aromatic heterocycles. The fraction of sp³-hybridized carbons (Fsp3) is 0.455. The van der Waals surface area contributed by atoms with E-state index in [0.29, 0.717) is 17.7 Å². The van der Waals surface area contributed by atoms with Gasteiger partial charge in [-0.3, -0.25) is 0 Å². The van der Waals surface area contributed by atoms with Crippen LogP contribution in [0.5, 0.6) is 0 Å². The van der Waals surface area contributed by atoms with E-state index in [4.69, 9.17) is 5.11 Å². The largest absolute Gasteiger partial charge is 0.396 e. The Balaban J connectivity index is 2.53. The van der Waals surface area contributed by atoms with Gasteiger partial charge in [-0.25, -0.2) is 8.78 Å². The molecule has 0 aliphatic rings. The lowest BCUT2D eigenvalue weighted by Crippen LogP contribution is -2.00. The van der Waals surface area contributed by atoms with Gasteiger partial charge in [0.25, 0.3) is 0 Å². The molecule has 84 valence electrons. The van der Waals surface area contributed by atoms with Crippen molar-refractivity contribution in [2.75, 3.05) is 6.61 Å². The Morgan fingerprint density at radius 2 is 2.13 bits per heavy atom. The van der Waals surface area contributed by atoms with Gasteiger partial charge < -0.3 is 5.11 Å². The number of thioether (sulfide) groups is 1. The molecule has 1 unspecified atom stereocenters. The smallest absolute Gasteiger partial charge is 0.127 e. The summed E-state index contributed by atoms with van der Waals surface area (Å²) in [5.74, 6) is -0.355. The zero-order valence-electron chi connectivity index (χ0n) is 8.54. The second-order valence-electron chi connectivity index (χ2n) is 3.37. The van der Waals surface area contributed by atoms with Gasteiger partial charge in [0.15, 0.2) is 0 Å². The molecule has 1 atom stereocenters. The van der Waals surface area contributed by atoms with E-state index in [1.165, 1.54) is 17.8 Å². The number of rotatable bonds is 5. The van der Waals surface area contributed by atoms with Gasteiger partial charge in [0.2, 0.25) is 0 Å². The summed E-state index contributed by atoms with van der Waals surface area (Å²) in [6, 6.07) is 3.47. The monoisotopic (exact) mass is 232 g/mol. The predicted octanol–water partition coefficient (Wildman–Crippen LogP) is 2.97. The Morgan fingerprint density at radius 1 is 1.40 bits per heavy atom. The molecular weight excluding hydrogens is 218 g/mol. The van der Waals surface area contributed by atoms with Crippen molar-refractivity contribution >= 4 is 11.8 Å². The molecule has 4 heteroatoms. The van der Waals surface area contributed by atoms with Crippen LogP contribution in [0.15, 0.2) is 18.2 Å². The summed E-state index contributed by atoms with van der Waals surface area (Å²) in [4.78, 5) is 0. The molecule has 0 bridgehead atoms. The van der Waals surface area contributed by atoms with E-state index in [9.17, 15) is 8.78 Å². The first-order valence-electron chi connectivity index (χ1n) is 4.80. The minimum absolute atomic E-state index is 0.125. The summed E-state index contributed by atoms with van der Waals surface area (Å²) in [6.45, 7) is 2.08. The van der Waals surface area contributed by atoms with Gasteiger partial charge in [-0.2, -0.15) is 11.8 Å². The second kappa shape index (κ2) is 6.08. The number of aliphatic hydroxyl groups is 1. The van der Waals surface area contributed by atoms with Gasteiger partial charge in [0.05, 0.1) is 0 Å². The third-order valence-electron chi connectivity index (χ3n) is 2.07. The van der Waals surface area contributed by atoms with E-state index >= 15 is 0 Å². The third-order valence-corrected chi connectivity index (χ3v) is 3.35. The van der Waals surface area contributed by atoms with Crippen molar-refractivity contribution < 1.29 is 13.9 Å². The van der Waals surface area contributed by atoms with Crippen LogP contribution < -0.4 is 0 Å². The van der Waals surface area contributed by atoms with Crippen molar-refractivity contribution in [3.8, 4) is 0 Å². The van der Waals surface area contributed by atoms with Crippen LogP contribution in [0.25, 0.3) is 0 Å². The van der Waals surface area contributed by atoms with Crippen molar-refractivity contribution in [2.45, 2.75) is 24.3 Å². The minimum atomic E-state index is -0.415. The highest BCUT2D eigenvalue weighted by molar-refractivity contribution is 7.99.